The molecule has 0 aromatic rings. The average molecular weight is 243 g/mol. The quantitative estimate of drug-likeness (QED) is 0.717. The number of hydrogen-bond acceptors (Lipinski definition) is 4. The molecule has 4 heteroatoms. The Hall–Kier alpha value is -0.160. The molecule has 1 rings (SSSR count). The van der Waals surface area contributed by atoms with Crippen LogP contribution in [0.3, 0.4) is 0 Å². The van der Waals surface area contributed by atoms with Crippen LogP contribution >= 0.6 is 0 Å². The van der Waals surface area contributed by atoms with Gasteiger partial charge >= 0.3 is 0 Å². The van der Waals surface area contributed by atoms with Crippen LogP contribution in [0.15, 0.2) is 0 Å². The predicted molar refractivity (Wildman–Crippen MR) is 72.3 cm³/mol. The summed E-state index contributed by atoms with van der Waals surface area (Å²) in [5, 5.41) is 0. The summed E-state index contributed by atoms with van der Waals surface area (Å²) in [4.78, 5) is 5.14. The van der Waals surface area contributed by atoms with Crippen molar-refractivity contribution in [1.29, 1.82) is 0 Å². The van der Waals surface area contributed by atoms with Gasteiger partial charge in [-0.3, -0.25) is 9.80 Å². The van der Waals surface area contributed by atoms with E-state index in [1.54, 1.807) is 7.11 Å². The molecule has 4 nitrogen and oxygen atoms in total. The maximum atomic E-state index is 5.69. The van der Waals surface area contributed by atoms with Gasteiger partial charge in [-0.05, 0) is 38.9 Å². The first-order chi connectivity index (χ1) is 8.31. The second-order valence-electron chi connectivity index (χ2n) is 4.86. The summed E-state index contributed by atoms with van der Waals surface area (Å²) in [5.74, 6) is 0. The molecule has 0 radical (unpaired) electrons. The molecule has 1 atom stereocenters. The molecule has 0 aromatic carbocycles. The smallest absolute Gasteiger partial charge is 0.0589 e. The Morgan fingerprint density at radius 3 is 2.71 bits per heavy atom. The first-order valence-corrected chi connectivity index (χ1v) is 6.97. The molecule has 102 valence electrons. The SMILES string of the molecule is CCC(CCN)N1CCCN(CCOC)CC1. The number of methoxy groups -OCH3 is 1. The fraction of sp³-hybridized carbons (Fsp3) is 1.00. The van der Waals surface area contributed by atoms with Crippen molar-refractivity contribution in [2.75, 3.05) is 53.0 Å². The third-order valence-electron chi connectivity index (χ3n) is 3.72. The van der Waals surface area contributed by atoms with Gasteiger partial charge in [-0.1, -0.05) is 6.92 Å². The van der Waals surface area contributed by atoms with Crippen LogP contribution in [0, 0.1) is 0 Å². The molecule has 1 saturated heterocycles. The minimum absolute atomic E-state index is 0.683. The Morgan fingerprint density at radius 2 is 2.06 bits per heavy atom. The molecule has 0 spiro atoms. The van der Waals surface area contributed by atoms with Crippen LogP contribution in [0.4, 0.5) is 0 Å². The Kier molecular flexibility index (Phi) is 7.77. The van der Waals surface area contributed by atoms with Gasteiger partial charge in [-0.2, -0.15) is 0 Å². The van der Waals surface area contributed by atoms with Crippen molar-refractivity contribution in [3.63, 3.8) is 0 Å². The molecule has 0 saturated carbocycles. The second kappa shape index (κ2) is 8.86. The predicted octanol–water partition coefficient (Wildman–Crippen LogP) is 0.768. The lowest BCUT2D eigenvalue weighted by Gasteiger charge is -2.29. The van der Waals surface area contributed by atoms with E-state index in [4.69, 9.17) is 10.5 Å². The number of hydrogen-bond donors (Lipinski definition) is 1. The Labute approximate surface area is 106 Å². The minimum atomic E-state index is 0.683. The van der Waals surface area contributed by atoms with Crippen molar-refractivity contribution in [2.45, 2.75) is 32.2 Å². The highest BCUT2D eigenvalue weighted by Crippen LogP contribution is 2.12. The van der Waals surface area contributed by atoms with Gasteiger partial charge in [0, 0.05) is 32.8 Å². The summed E-state index contributed by atoms with van der Waals surface area (Å²) in [5.41, 5.74) is 5.69. The fourth-order valence-electron chi connectivity index (χ4n) is 2.64. The summed E-state index contributed by atoms with van der Waals surface area (Å²) in [6.45, 7) is 9.78. The molecular weight excluding hydrogens is 214 g/mol. The summed E-state index contributed by atoms with van der Waals surface area (Å²) >= 11 is 0. The first-order valence-electron chi connectivity index (χ1n) is 6.97. The van der Waals surface area contributed by atoms with Crippen molar-refractivity contribution >= 4 is 0 Å². The molecule has 17 heavy (non-hydrogen) atoms. The first kappa shape index (κ1) is 14.9. The van der Waals surface area contributed by atoms with Crippen molar-refractivity contribution in [2.24, 2.45) is 5.73 Å². The lowest BCUT2D eigenvalue weighted by Crippen LogP contribution is -2.39. The normalized spacial score (nSPS) is 21.4. The van der Waals surface area contributed by atoms with Crippen LogP contribution < -0.4 is 5.73 Å². The lowest BCUT2D eigenvalue weighted by molar-refractivity contribution is 0.144. The van der Waals surface area contributed by atoms with Crippen LogP contribution in [-0.2, 0) is 4.74 Å². The zero-order chi connectivity index (χ0) is 12.5. The zero-order valence-electron chi connectivity index (χ0n) is 11.5. The van der Waals surface area contributed by atoms with Gasteiger partial charge < -0.3 is 10.5 Å². The third kappa shape index (κ3) is 5.34. The van der Waals surface area contributed by atoms with Gasteiger partial charge in [0.1, 0.15) is 0 Å². The average Bonchev–Trinajstić information content (AvgIpc) is 2.59. The van der Waals surface area contributed by atoms with Crippen LogP contribution in [0.2, 0.25) is 0 Å². The molecule has 1 aliphatic rings. The largest absolute Gasteiger partial charge is 0.383 e. The number of ether oxygens (including phenoxy) is 1. The standard InChI is InChI=1S/C13H29N3O/c1-3-13(5-6-14)16-8-4-7-15(9-10-16)11-12-17-2/h13H,3-12,14H2,1-2H3. The van der Waals surface area contributed by atoms with Crippen LogP contribution in [0.25, 0.3) is 0 Å². The van der Waals surface area contributed by atoms with Crippen molar-refractivity contribution in [3.05, 3.63) is 0 Å². The number of nitrogens with two attached hydrogens (primary N) is 1. The molecule has 0 bridgehead atoms. The lowest BCUT2D eigenvalue weighted by atomic mass is 10.1. The van der Waals surface area contributed by atoms with Gasteiger partial charge in [-0.25, -0.2) is 0 Å². The Balaban J connectivity index is 2.35. The van der Waals surface area contributed by atoms with E-state index in [0.29, 0.717) is 6.04 Å². The van der Waals surface area contributed by atoms with Crippen molar-refractivity contribution in [3.8, 4) is 0 Å². The highest BCUT2D eigenvalue weighted by Gasteiger charge is 2.19. The van der Waals surface area contributed by atoms with Crippen LogP contribution in [-0.4, -0.2) is 68.8 Å². The third-order valence-corrected chi connectivity index (χ3v) is 3.72. The van der Waals surface area contributed by atoms with E-state index >= 15 is 0 Å². The van der Waals surface area contributed by atoms with E-state index < -0.39 is 0 Å². The highest BCUT2D eigenvalue weighted by atomic mass is 16.5. The topological polar surface area (TPSA) is 41.7 Å². The van der Waals surface area contributed by atoms with Gasteiger partial charge in [0.25, 0.3) is 0 Å². The molecular formula is C13H29N3O. The Bertz CT molecular complexity index is 190. The summed E-state index contributed by atoms with van der Waals surface area (Å²) in [6, 6.07) is 0.683. The van der Waals surface area contributed by atoms with Gasteiger partial charge in [-0.15, -0.1) is 0 Å². The van der Waals surface area contributed by atoms with E-state index in [1.807, 2.05) is 0 Å². The summed E-state index contributed by atoms with van der Waals surface area (Å²) < 4.78 is 5.15. The molecule has 1 heterocycles. The molecule has 0 aliphatic carbocycles. The van der Waals surface area contributed by atoms with E-state index in [-0.39, 0.29) is 0 Å². The molecule has 0 amide bonds. The molecule has 1 aliphatic heterocycles. The second-order valence-corrected chi connectivity index (χ2v) is 4.86. The minimum Gasteiger partial charge on any atom is -0.383 e. The highest BCUT2D eigenvalue weighted by molar-refractivity contribution is 4.76. The summed E-state index contributed by atoms with van der Waals surface area (Å²) in [6.07, 6.45) is 3.62. The molecule has 0 aromatic heterocycles. The van der Waals surface area contributed by atoms with Gasteiger partial charge in [0.05, 0.1) is 6.61 Å². The van der Waals surface area contributed by atoms with Crippen molar-refractivity contribution in [1.82, 2.24) is 9.80 Å². The fourth-order valence-corrected chi connectivity index (χ4v) is 2.64. The molecule has 1 unspecified atom stereocenters. The Morgan fingerprint density at radius 1 is 1.24 bits per heavy atom. The van der Waals surface area contributed by atoms with Crippen molar-refractivity contribution < 1.29 is 4.74 Å². The monoisotopic (exact) mass is 243 g/mol. The van der Waals surface area contributed by atoms with Gasteiger partial charge in [0.2, 0.25) is 0 Å². The number of rotatable bonds is 7. The number of nitrogens with zero attached hydrogens (tertiary/aromatic N) is 2. The van der Waals surface area contributed by atoms with E-state index in [0.717, 1.165) is 26.1 Å². The van der Waals surface area contributed by atoms with Gasteiger partial charge in [0.15, 0.2) is 0 Å². The van der Waals surface area contributed by atoms with E-state index in [9.17, 15) is 0 Å². The van der Waals surface area contributed by atoms with Crippen LogP contribution in [0.1, 0.15) is 26.2 Å². The van der Waals surface area contributed by atoms with E-state index in [2.05, 4.69) is 16.7 Å². The van der Waals surface area contributed by atoms with E-state index in [1.165, 1.54) is 39.0 Å². The summed E-state index contributed by atoms with van der Waals surface area (Å²) in [7, 11) is 1.78. The van der Waals surface area contributed by atoms with Crippen LogP contribution in [0.5, 0.6) is 0 Å². The zero-order valence-corrected chi connectivity index (χ0v) is 11.5. The maximum absolute atomic E-state index is 5.69. The molecule has 2 N–H and O–H groups in total. The molecule has 1 fully saturated rings. The maximum Gasteiger partial charge on any atom is 0.0589 e.